The van der Waals surface area contributed by atoms with Crippen molar-refractivity contribution in [1.29, 1.82) is 0 Å². The van der Waals surface area contributed by atoms with Crippen molar-refractivity contribution in [2.24, 2.45) is 0 Å². The molecular weight excluding hydrogens is 327 g/mol. The Morgan fingerprint density at radius 3 is 2.67 bits per heavy atom. The van der Waals surface area contributed by atoms with Crippen LogP contribution in [0.15, 0.2) is 24.3 Å². The van der Waals surface area contributed by atoms with Crippen molar-refractivity contribution in [3.8, 4) is 5.75 Å². The van der Waals surface area contributed by atoms with Gasteiger partial charge in [0.25, 0.3) is 5.69 Å². The Hall–Kier alpha value is -0.100. The molecule has 0 spiro atoms. The van der Waals surface area contributed by atoms with Gasteiger partial charge in [-0.1, -0.05) is 36.5 Å². The van der Waals surface area contributed by atoms with Crippen LogP contribution in [0.1, 0.15) is 32.1 Å². The predicted molar refractivity (Wildman–Crippen MR) is 90.4 cm³/mol. The third kappa shape index (κ3) is 4.95. The van der Waals surface area contributed by atoms with Gasteiger partial charge >= 0.3 is 0 Å². The number of para-hydroxylation sites is 1. The monoisotopic (exact) mass is 348 g/mol. The molecule has 21 heavy (non-hydrogen) atoms. The lowest BCUT2D eigenvalue weighted by atomic mass is 10.2. The highest BCUT2D eigenvalue weighted by Crippen LogP contribution is 2.61. The highest BCUT2D eigenvalue weighted by molar-refractivity contribution is 8.68. The highest BCUT2D eigenvalue weighted by Gasteiger charge is 2.26. The Bertz CT molecular complexity index is 492. The van der Waals surface area contributed by atoms with E-state index in [2.05, 4.69) is 6.92 Å². The van der Waals surface area contributed by atoms with E-state index in [4.69, 9.17) is 30.3 Å². The molecule has 0 amide bonds. The molecule has 7 heteroatoms. The van der Waals surface area contributed by atoms with E-state index in [1.165, 1.54) is 0 Å². The van der Waals surface area contributed by atoms with Crippen molar-refractivity contribution in [1.82, 2.24) is 0 Å². The van der Waals surface area contributed by atoms with Crippen molar-refractivity contribution in [3.63, 3.8) is 0 Å². The molecule has 1 unspecified atom stereocenters. The van der Waals surface area contributed by atoms with Crippen LogP contribution >= 0.6 is 17.1 Å². The van der Waals surface area contributed by atoms with Crippen LogP contribution in [0.2, 0.25) is 0 Å². The van der Waals surface area contributed by atoms with Gasteiger partial charge in [0.15, 0.2) is 6.29 Å². The summed E-state index contributed by atoms with van der Waals surface area (Å²) in [5.74, 6) is 1.63. The average Bonchev–Trinajstić information content (AvgIpc) is 3.00. The van der Waals surface area contributed by atoms with E-state index in [1.54, 1.807) is 11.4 Å². The molecule has 1 heterocycles. The Balaban J connectivity index is 2.18. The zero-order valence-electron chi connectivity index (χ0n) is 12.3. The molecule has 1 aromatic rings. The number of ether oxygens (including phenoxy) is 2. The van der Waals surface area contributed by atoms with Gasteiger partial charge in [0.05, 0.1) is 25.4 Å². The molecule has 4 nitrogen and oxygen atoms in total. The zero-order valence-corrected chi connectivity index (χ0v) is 14.8. The van der Waals surface area contributed by atoms with Gasteiger partial charge in [0.1, 0.15) is 5.75 Å². The minimum Gasteiger partial charge on any atom is -0.436 e. The molecule has 1 aliphatic heterocycles. The fourth-order valence-corrected chi connectivity index (χ4v) is 6.56. The second kappa shape index (κ2) is 8.51. The molecule has 1 saturated heterocycles. The Labute approximate surface area is 135 Å². The van der Waals surface area contributed by atoms with E-state index in [0.29, 0.717) is 25.6 Å². The van der Waals surface area contributed by atoms with Crippen LogP contribution in [0.25, 0.3) is 0 Å². The summed E-state index contributed by atoms with van der Waals surface area (Å²) in [4.78, 5) is 0. The number of hydrogen-bond acceptors (Lipinski definition) is 6. The van der Waals surface area contributed by atoms with E-state index in [1.807, 2.05) is 31.2 Å². The summed E-state index contributed by atoms with van der Waals surface area (Å²) in [5.41, 5.74) is -1.51. The minimum absolute atomic E-state index is 0.373. The lowest BCUT2D eigenvalue weighted by molar-refractivity contribution is -0.0449. The molecule has 1 atom stereocenters. The van der Waals surface area contributed by atoms with Gasteiger partial charge in [0, 0.05) is 5.75 Å². The molecule has 118 valence electrons. The molecule has 1 aromatic carbocycles. The highest BCUT2D eigenvalue weighted by atomic mass is 32.9. The summed E-state index contributed by atoms with van der Waals surface area (Å²) in [6.45, 7) is 5.80. The van der Waals surface area contributed by atoms with Crippen LogP contribution in [0, 0.1) is 0 Å². The lowest BCUT2D eigenvalue weighted by Gasteiger charge is -2.23. The topological polar surface area (TPSA) is 36.9 Å². The molecule has 0 saturated carbocycles. The fraction of sp³-hybridized carbons (Fsp3) is 0.571. The second-order valence-corrected chi connectivity index (χ2v) is 10.8. The summed E-state index contributed by atoms with van der Waals surface area (Å²) in [6.07, 6.45) is 0.665. The molecule has 0 radical (unpaired) electrons. The number of hydrogen-bond donors (Lipinski definition) is 0. The molecule has 1 aliphatic rings. The molecular formula is C14H21O4PS2. The standard InChI is InChI=1S/C14H21O4PS2/c1-3-11-21-19(20,17-4-2)18-13-8-6-5-7-12(13)14-15-9-10-16-14/h5-8,14H,3-4,9-11H2,1-2H3. The van der Waals surface area contributed by atoms with Gasteiger partial charge in [0.2, 0.25) is 0 Å². The minimum atomic E-state index is -2.39. The van der Waals surface area contributed by atoms with Crippen LogP contribution in [0.3, 0.4) is 0 Å². The summed E-state index contributed by atoms with van der Waals surface area (Å²) in [5, 5.41) is 0. The van der Waals surface area contributed by atoms with Crippen LogP contribution in [0.5, 0.6) is 5.75 Å². The van der Waals surface area contributed by atoms with E-state index in [-0.39, 0.29) is 6.29 Å². The summed E-state index contributed by atoms with van der Waals surface area (Å²) in [6, 6.07) is 7.70. The number of benzene rings is 1. The first-order valence-electron chi connectivity index (χ1n) is 7.09. The fourth-order valence-electron chi connectivity index (χ4n) is 1.87. The quantitative estimate of drug-likeness (QED) is 0.643. The lowest BCUT2D eigenvalue weighted by Crippen LogP contribution is -2.03. The third-order valence-corrected chi connectivity index (χ3v) is 8.17. The van der Waals surface area contributed by atoms with Crippen molar-refractivity contribution in [3.05, 3.63) is 29.8 Å². The predicted octanol–water partition coefficient (Wildman–Crippen LogP) is 4.52. The van der Waals surface area contributed by atoms with Crippen LogP contribution in [-0.2, 0) is 25.8 Å². The van der Waals surface area contributed by atoms with Gasteiger partial charge in [-0.15, -0.1) is 0 Å². The zero-order chi connectivity index (χ0) is 15.1. The smallest absolute Gasteiger partial charge is 0.297 e. The second-order valence-electron chi connectivity index (χ2n) is 4.40. The van der Waals surface area contributed by atoms with Crippen molar-refractivity contribution in [2.75, 3.05) is 25.6 Å². The van der Waals surface area contributed by atoms with Gasteiger partial charge in [-0.3, -0.25) is 0 Å². The Morgan fingerprint density at radius 2 is 2.00 bits per heavy atom. The van der Waals surface area contributed by atoms with Gasteiger partial charge < -0.3 is 18.5 Å². The molecule has 0 bridgehead atoms. The largest absolute Gasteiger partial charge is 0.436 e. The van der Waals surface area contributed by atoms with E-state index in [0.717, 1.165) is 17.7 Å². The molecule has 2 rings (SSSR count). The van der Waals surface area contributed by atoms with Crippen molar-refractivity contribution in [2.45, 2.75) is 26.6 Å². The third-order valence-electron chi connectivity index (χ3n) is 2.75. The molecule has 0 aromatic heterocycles. The Morgan fingerprint density at radius 1 is 1.29 bits per heavy atom. The van der Waals surface area contributed by atoms with E-state index in [9.17, 15) is 0 Å². The van der Waals surface area contributed by atoms with Crippen molar-refractivity contribution >= 4 is 28.9 Å². The molecule has 1 fully saturated rings. The first-order chi connectivity index (χ1) is 10.2. The van der Waals surface area contributed by atoms with Crippen molar-refractivity contribution < 1.29 is 18.5 Å². The average molecular weight is 348 g/mol. The first kappa shape index (κ1) is 17.3. The van der Waals surface area contributed by atoms with Crippen LogP contribution in [0.4, 0.5) is 0 Å². The summed E-state index contributed by atoms with van der Waals surface area (Å²) in [7, 11) is 0. The van der Waals surface area contributed by atoms with Crippen LogP contribution in [-0.4, -0.2) is 25.6 Å². The van der Waals surface area contributed by atoms with Gasteiger partial charge in [-0.25, -0.2) is 0 Å². The number of rotatable bonds is 8. The van der Waals surface area contributed by atoms with Gasteiger partial charge in [-0.2, -0.15) is 0 Å². The maximum atomic E-state index is 6.09. The molecule has 0 N–H and O–H groups in total. The Kier molecular flexibility index (Phi) is 6.99. The van der Waals surface area contributed by atoms with Crippen LogP contribution < -0.4 is 4.52 Å². The molecule has 0 aliphatic carbocycles. The first-order valence-corrected chi connectivity index (χ1v) is 11.3. The van der Waals surface area contributed by atoms with E-state index < -0.39 is 5.69 Å². The SMILES string of the molecule is CCCSP(=S)(OCC)Oc1ccccc1C1OCCO1. The van der Waals surface area contributed by atoms with Gasteiger partial charge in [-0.05, 0) is 31.2 Å². The summed E-state index contributed by atoms with van der Waals surface area (Å²) < 4.78 is 23.0. The maximum absolute atomic E-state index is 6.09. The maximum Gasteiger partial charge on any atom is 0.297 e. The summed E-state index contributed by atoms with van der Waals surface area (Å²) >= 11 is 7.23. The van der Waals surface area contributed by atoms with E-state index >= 15 is 0 Å². The normalized spacial score (nSPS) is 18.6.